The molecule has 52 valence electrons. The van der Waals surface area contributed by atoms with E-state index in [1.165, 1.54) is 12.8 Å². The Bertz CT molecular complexity index is 60.9. The van der Waals surface area contributed by atoms with E-state index in [0.29, 0.717) is 6.61 Å². The molecule has 0 aromatic carbocycles. The molecule has 4 heteroatoms. The molecule has 1 unspecified atom stereocenters. The third kappa shape index (κ3) is 12.4. The zero-order chi connectivity index (χ0) is 6.24. The zero-order valence-corrected chi connectivity index (χ0v) is 6.38. The number of hydrogen-bond donors (Lipinski definition) is 0. The van der Waals surface area contributed by atoms with E-state index in [-0.39, 0.29) is 29.6 Å². The van der Waals surface area contributed by atoms with Crippen LogP contribution in [0.4, 0.5) is 0 Å². The van der Waals surface area contributed by atoms with Gasteiger partial charge >= 0.3 is 29.6 Å². The Morgan fingerprint density at radius 2 is 2.11 bits per heavy atom. The third-order valence-corrected chi connectivity index (χ3v) is 1.31. The van der Waals surface area contributed by atoms with Gasteiger partial charge in [-0.3, -0.25) is 4.57 Å². The van der Waals surface area contributed by atoms with Crippen molar-refractivity contribution in [2.75, 3.05) is 6.61 Å². The van der Waals surface area contributed by atoms with Gasteiger partial charge in [-0.1, -0.05) is 19.8 Å². The Labute approximate surface area is 79.9 Å². The van der Waals surface area contributed by atoms with Gasteiger partial charge in [0.15, 0.2) is 8.69 Å². The second-order valence-electron chi connectivity index (χ2n) is 1.67. The van der Waals surface area contributed by atoms with E-state index in [1.807, 2.05) is 0 Å². The van der Waals surface area contributed by atoms with Gasteiger partial charge in [0, 0.05) is 0 Å². The van der Waals surface area contributed by atoms with E-state index in [2.05, 4.69) is 11.4 Å². The summed E-state index contributed by atoms with van der Waals surface area (Å²) < 4.78 is 14.4. The van der Waals surface area contributed by atoms with Gasteiger partial charge in [0.2, 0.25) is 0 Å². The molecule has 0 N–H and O–H groups in total. The molecule has 0 spiro atoms. The van der Waals surface area contributed by atoms with Gasteiger partial charge in [0.25, 0.3) is 0 Å². The standard InChI is InChI=1S/C5H13O2P.Na.H/c1-2-3-4-5-7-8-6;;/h2-5,8H2,1H3;;. The molecule has 0 aromatic heterocycles. The van der Waals surface area contributed by atoms with Crippen LogP contribution in [-0.4, -0.2) is 36.2 Å². The molecule has 9 heavy (non-hydrogen) atoms. The Morgan fingerprint density at radius 1 is 1.44 bits per heavy atom. The van der Waals surface area contributed by atoms with Gasteiger partial charge in [-0.25, -0.2) is 0 Å². The van der Waals surface area contributed by atoms with Crippen LogP contribution in [0.3, 0.4) is 0 Å². The first kappa shape index (κ1) is 12.8. The van der Waals surface area contributed by atoms with Crippen LogP contribution in [0.15, 0.2) is 0 Å². The van der Waals surface area contributed by atoms with Crippen LogP contribution in [-0.2, 0) is 9.09 Å². The van der Waals surface area contributed by atoms with E-state index in [9.17, 15) is 4.57 Å². The summed E-state index contributed by atoms with van der Waals surface area (Å²) in [5, 5.41) is 0. The van der Waals surface area contributed by atoms with Crippen molar-refractivity contribution in [2.45, 2.75) is 26.2 Å². The quantitative estimate of drug-likeness (QED) is 0.343. The molecule has 0 bridgehead atoms. The fraction of sp³-hybridized carbons (Fsp3) is 1.00. The number of unbranched alkanes of at least 4 members (excludes halogenated alkanes) is 2. The molecule has 0 saturated heterocycles. The Morgan fingerprint density at radius 3 is 2.56 bits per heavy atom. The molecule has 0 aliphatic heterocycles. The van der Waals surface area contributed by atoms with Crippen molar-refractivity contribution in [3.8, 4) is 0 Å². The van der Waals surface area contributed by atoms with Crippen LogP contribution in [0.1, 0.15) is 26.2 Å². The van der Waals surface area contributed by atoms with Gasteiger partial charge in [0.1, 0.15) is 0 Å². The summed E-state index contributed by atoms with van der Waals surface area (Å²) in [5.74, 6) is 0. The first-order valence-corrected chi connectivity index (χ1v) is 3.91. The summed E-state index contributed by atoms with van der Waals surface area (Å²) in [6.45, 7) is 2.80. The van der Waals surface area contributed by atoms with E-state index < -0.39 is 8.69 Å². The SMILES string of the molecule is CCCCCO[PH2]=O.[NaH]. The molecular formula is C5H14NaO2P. The van der Waals surface area contributed by atoms with Crippen LogP contribution < -0.4 is 0 Å². The first-order chi connectivity index (χ1) is 3.91. The molecule has 0 rings (SSSR count). The Kier molecular flexibility index (Phi) is 17.0. The van der Waals surface area contributed by atoms with Crippen molar-refractivity contribution in [3.05, 3.63) is 0 Å². The van der Waals surface area contributed by atoms with Crippen molar-refractivity contribution in [1.29, 1.82) is 0 Å². The molecular weight excluding hydrogens is 146 g/mol. The van der Waals surface area contributed by atoms with E-state index in [0.717, 1.165) is 6.42 Å². The van der Waals surface area contributed by atoms with E-state index in [4.69, 9.17) is 0 Å². The van der Waals surface area contributed by atoms with Crippen LogP contribution in [0, 0.1) is 0 Å². The average molecular weight is 160 g/mol. The third-order valence-electron chi connectivity index (χ3n) is 0.934. The topological polar surface area (TPSA) is 26.3 Å². The summed E-state index contributed by atoms with van der Waals surface area (Å²) in [5.41, 5.74) is 0. The zero-order valence-electron chi connectivity index (χ0n) is 5.22. The van der Waals surface area contributed by atoms with Gasteiger partial charge in [-0.2, -0.15) is 0 Å². The van der Waals surface area contributed by atoms with Gasteiger partial charge in [0.05, 0.1) is 6.61 Å². The van der Waals surface area contributed by atoms with Gasteiger partial charge < -0.3 is 4.52 Å². The average Bonchev–Trinajstić information content (AvgIpc) is 1.81. The monoisotopic (exact) mass is 160 g/mol. The molecule has 0 aliphatic rings. The molecule has 0 amide bonds. The Hall–Kier alpha value is 1.19. The molecule has 0 fully saturated rings. The summed E-state index contributed by atoms with van der Waals surface area (Å²) in [7, 11) is -0.972. The molecule has 0 heterocycles. The normalized spacial score (nSPS) is 9.89. The summed E-state index contributed by atoms with van der Waals surface area (Å²) in [6, 6.07) is 0. The second kappa shape index (κ2) is 11.9. The molecule has 0 radical (unpaired) electrons. The fourth-order valence-electron chi connectivity index (χ4n) is 0.484. The van der Waals surface area contributed by atoms with Crippen LogP contribution >= 0.6 is 8.69 Å². The molecule has 0 aromatic rings. The molecule has 2 nitrogen and oxygen atoms in total. The summed E-state index contributed by atoms with van der Waals surface area (Å²) >= 11 is 0. The van der Waals surface area contributed by atoms with Gasteiger partial charge in [-0.15, -0.1) is 0 Å². The van der Waals surface area contributed by atoms with E-state index >= 15 is 0 Å². The minimum atomic E-state index is -0.972. The van der Waals surface area contributed by atoms with Crippen molar-refractivity contribution in [1.82, 2.24) is 0 Å². The minimum absolute atomic E-state index is 0. The van der Waals surface area contributed by atoms with Crippen molar-refractivity contribution in [2.24, 2.45) is 0 Å². The predicted octanol–water partition coefficient (Wildman–Crippen LogP) is 1.22. The second-order valence-corrected chi connectivity index (χ2v) is 2.20. The first-order valence-electron chi connectivity index (χ1n) is 2.97. The summed E-state index contributed by atoms with van der Waals surface area (Å²) in [4.78, 5) is 0. The van der Waals surface area contributed by atoms with Crippen LogP contribution in [0.25, 0.3) is 0 Å². The van der Waals surface area contributed by atoms with Crippen molar-refractivity contribution < 1.29 is 9.09 Å². The van der Waals surface area contributed by atoms with Crippen LogP contribution in [0.2, 0.25) is 0 Å². The van der Waals surface area contributed by atoms with Crippen molar-refractivity contribution in [3.63, 3.8) is 0 Å². The maximum atomic E-state index is 9.75. The maximum absolute atomic E-state index is 9.75. The molecule has 0 aliphatic carbocycles. The van der Waals surface area contributed by atoms with Crippen molar-refractivity contribution >= 4 is 38.2 Å². The van der Waals surface area contributed by atoms with Gasteiger partial charge in [-0.05, 0) is 6.42 Å². The predicted molar refractivity (Wildman–Crippen MR) is 43.0 cm³/mol. The fourth-order valence-corrected chi connectivity index (χ4v) is 0.746. The Balaban J connectivity index is 0. The number of rotatable bonds is 5. The molecule has 1 atom stereocenters. The number of hydrogen-bond acceptors (Lipinski definition) is 2. The van der Waals surface area contributed by atoms with E-state index in [1.54, 1.807) is 0 Å². The molecule has 0 saturated carbocycles. The summed E-state index contributed by atoms with van der Waals surface area (Å²) in [6.07, 6.45) is 3.42. The van der Waals surface area contributed by atoms with Crippen LogP contribution in [0.5, 0.6) is 0 Å².